The maximum atomic E-state index is 12.7. The van der Waals surface area contributed by atoms with Gasteiger partial charge in [-0.15, -0.1) is 0 Å². The van der Waals surface area contributed by atoms with E-state index in [9.17, 15) is 4.79 Å². The molecule has 0 fully saturated rings. The summed E-state index contributed by atoms with van der Waals surface area (Å²) in [5.74, 6) is 5.99. The van der Waals surface area contributed by atoms with Gasteiger partial charge in [-0.3, -0.25) is 4.79 Å². The van der Waals surface area contributed by atoms with E-state index >= 15 is 0 Å². The van der Waals surface area contributed by atoms with Gasteiger partial charge in [0.05, 0.1) is 0 Å². The lowest BCUT2D eigenvalue weighted by atomic mass is 10.0. The van der Waals surface area contributed by atoms with Crippen molar-refractivity contribution in [1.82, 2.24) is 9.91 Å². The molecule has 0 aliphatic carbocycles. The molecule has 4 N–H and O–H groups in total. The second-order valence-electron chi connectivity index (χ2n) is 13.3. The van der Waals surface area contributed by atoms with Crippen LogP contribution in [0.3, 0.4) is 0 Å². The maximum Gasteiger partial charge on any atom is 0.306 e. The van der Waals surface area contributed by atoms with Crippen LogP contribution in [0.25, 0.3) is 0 Å². The smallest absolute Gasteiger partial charge is 0.306 e. The largest absolute Gasteiger partial charge is 0.462 e. The second-order valence-corrected chi connectivity index (χ2v) is 13.3. The lowest BCUT2D eigenvalue weighted by molar-refractivity contribution is -0.150. The number of unbranched alkanes of at least 4 members (excludes halogenated alkanes) is 19. The Morgan fingerprint density at radius 1 is 0.568 bits per heavy atom. The van der Waals surface area contributed by atoms with Gasteiger partial charge >= 0.3 is 5.97 Å². The molecule has 6 heteroatoms. The molecule has 0 saturated carbocycles. The molecule has 0 amide bonds. The topological polar surface area (TPSA) is 84.8 Å². The van der Waals surface area contributed by atoms with E-state index in [1.165, 1.54) is 148 Å². The van der Waals surface area contributed by atoms with Gasteiger partial charge < -0.3 is 20.4 Å². The zero-order chi connectivity index (χ0) is 32.4. The number of ether oxygens (including phenoxy) is 1. The standard InChI is InChI=1S/C38H78N4O2/c1-4-7-10-13-17-22-28-37(29-23-18-14-11-8-5-2)44-38(43)30-24-19-16-21-26-33-41(32-25-20-15-12-9-6-3)34-27-35-42(40)36-31-39/h31,36-37H,4-30,32-35,39-40H2,1-3H3/b36-31-. The molecule has 0 bridgehead atoms. The number of hydrogen-bond donors (Lipinski definition) is 2. The van der Waals surface area contributed by atoms with E-state index in [4.69, 9.17) is 16.3 Å². The highest BCUT2D eigenvalue weighted by Gasteiger charge is 2.14. The summed E-state index contributed by atoms with van der Waals surface area (Å²) in [4.78, 5) is 15.3. The summed E-state index contributed by atoms with van der Waals surface area (Å²) in [7, 11) is 0. The monoisotopic (exact) mass is 623 g/mol. The van der Waals surface area contributed by atoms with Crippen LogP contribution in [0.15, 0.2) is 12.4 Å². The summed E-state index contributed by atoms with van der Waals surface area (Å²) in [5.41, 5.74) is 5.46. The van der Waals surface area contributed by atoms with Crippen molar-refractivity contribution in [2.24, 2.45) is 11.6 Å². The van der Waals surface area contributed by atoms with Crippen LogP contribution < -0.4 is 11.6 Å². The number of rotatable bonds is 35. The summed E-state index contributed by atoms with van der Waals surface area (Å²) < 4.78 is 6.03. The van der Waals surface area contributed by atoms with Crippen molar-refractivity contribution in [2.45, 2.75) is 200 Å². The van der Waals surface area contributed by atoms with E-state index in [2.05, 4.69) is 25.7 Å². The fourth-order valence-electron chi connectivity index (χ4n) is 6.06. The van der Waals surface area contributed by atoms with E-state index < -0.39 is 0 Å². The summed E-state index contributed by atoms with van der Waals surface area (Å²) in [6.45, 7) is 11.1. The SMILES string of the molecule is CCCCCCCCC(CCCCCCCC)OC(=O)CCCCCCCN(CCCCCCCC)CCCN(N)/C=C\N. The Labute approximate surface area is 275 Å². The van der Waals surface area contributed by atoms with Gasteiger partial charge in [0.2, 0.25) is 0 Å². The molecule has 6 nitrogen and oxygen atoms in total. The summed E-state index contributed by atoms with van der Waals surface area (Å²) >= 11 is 0. The Morgan fingerprint density at radius 3 is 1.45 bits per heavy atom. The Kier molecular flexibility index (Phi) is 33.6. The van der Waals surface area contributed by atoms with Crippen LogP contribution in [0, 0.1) is 0 Å². The molecular weight excluding hydrogens is 544 g/mol. The highest BCUT2D eigenvalue weighted by atomic mass is 16.5. The van der Waals surface area contributed by atoms with Crippen molar-refractivity contribution < 1.29 is 9.53 Å². The average molecular weight is 623 g/mol. The first-order valence-corrected chi connectivity index (χ1v) is 19.4. The van der Waals surface area contributed by atoms with E-state index in [0.29, 0.717) is 6.42 Å². The molecular formula is C38H78N4O2. The van der Waals surface area contributed by atoms with E-state index in [1.54, 1.807) is 11.2 Å². The Balaban J connectivity index is 4.29. The molecule has 0 aliphatic heterocycles. The molecule has 262 valence electrons. The maximum absolute atomic E-state index is 12.7. The Morgan fingerprint density at radius 2 is 0.977 bits per heavy atom. The summed E-state index contributed by atoms with van der Waals surface area (Å²) in [5, 5.41) is 1.68. The fraction of sp³-hybridized carbons (Fsp3) is 0.921. The van der Waals surface area contributed by atoms with Crippen molar-refractivity contribution in [1.29, 1.82) is 0 Å². The van der Waals surface area contributed by atoms with Crippen molar-refractivity contribution in [3.8, 4) is 0 Å². The molecule has 0 atom stereocenters. The fourth-order valence-corrected chi connectivity index (χ4v) is 6.06. The van der Waals surface area contributed by atoms with Crippen LogP contribution in [0.2, 0.25) is 0 Å². The summed E-state index contributed by atoms with van der Waals surface area (Å²) in [6, 6.07) is 0. The molecule has 0 radical (unpaired) electrons. The van der Waals surface area contributed by atoms with Crippen LogP contribution >= 0.6 is 0 Å². The number of esters is 1. The van der Waals surface area contributed by atoms with Crippen molar-refractivity contribution >= 4 is 5.97 Å². The third kappa shape index (κ3) is 30.7. The minimum Gasteiger partial charge on any atom is -0.462 e. The molecule has 0 unspecified atom stereocenters. The quantitative estimate of drug-likeness (QED) is 0.0317. The highest BCUT2D eigenvalue weighted by Crippen LogP contribution is 2.18. The molecule has 0 saturated heterocycles. The van der Waals surface area contributed by atoms with Crippen molar-refractivity contribution in [2.75, 3.05) is 26.2 Å². The first kappa shape index (κ1) is 42.7. The molecule has 0 aromatic heterocycles. The van der Waals surface area contributed by atoms with E-state index in [-0.39, 0.29) is 12.1 Å². The van der Waals surface area contributed by atoms with Crippen LogP contribution in [-0.4, -0.2) is 48.2 Å². The second kappa shape index (κ2) is 34.6. The Bertz CT molecular complexity index is 600. The molecule has 0 heterocycles. The number of hydrogen-bond acceptors (Lipinski definition) is 6. The number of nitrogens with zero attached hydrogens (tertiary/aromatic N) is 2. The molecule has 0 aromatic rings. The molecule has 0 aliphatic rings. The predicted molar refractivity (Wildman–Crippen MR) is 192 cm³/mol. The first-order valence-electron chi connectivity index (χ1n) is 19.4. The van der Waals surface area contributed by atoms with Crippen LogP contribution in [0.1, 0.15) is 194 Å². The van der Waals surface area contributed by atoms with Gasteiger partial charge in [0.25, 0.3) is 0 Å². The van der Waals surface area contributed by atoms with E-state index in [1.807, 2.05) is 0 Å². The van der Waals surface area contributed by atoms with E-state index in [0.717, 1.165) is 51.7 Å². The van der Waals surface area contributed by atoms with Gasteiger partial charge in [0.1, 0.15) is 6.10 Å². The lowest BCUT2D eigenvalue weighted by Gasteiger charge is -2.23. The van der Waals surface area contributed by atoms with Gasteiger partial charge in [-0.05, 0) is 71.0 Å². The molecule has 0 spiro atoms. The Hall–Kier alpha value is -1.27. The predicted octanol–water partition coefficient (Wildman–Crippen LogP) is 10.4. The third-order valence-electron chi connectivity index (χ3n) is 8.91. The minimum absolute atomic E-state index is 0.0375. The van der Waals surface area contributed by atoms with Crippen LogP contribution in [-0.2, 0) is 9.53 Å². The third-order valence-corrected chi connectivity index (χ3v) is 8.91. The molecule has 0 aromatic carbocycles. The van der Waals surface area contributed by atoms with Crippen molar-refractivity contribution in [3.63, 3.8) is 0 Å². The first-order chi connectivity index (χ1) is 21.6. The number of nitrogens with two attached hydrogens (primary N) is 2. The number of carbonyl (C=O) groups is 1. The number of carbonyl (C=O) groups excluding carboxylic acids is 1. The van der Waals surface area contributed by atoms with Crippen LogP contribution in [0.5, 0.6) is 0 Å². The molecule has 0 rings (SSSR count). The van der Waals surface area contributed by atoms with Gasteiger partial charge in [0, 0.05) is 25.4 Å². The summed E-state index contributed by atoms with van der Waals surface area (Å²) in [6.07, 6.45) is 36.4. The zero-order valence-corrected chi connectivity index (χ0v) is 30.0. The van der Waals surface area contributed by atoms with Crippen LogP contribution in [0.4, 0.5) is 0 Å². The minimum atomic E-state index is 0.0375. The van der Waals surface area contributed by atoms with Crippen molar-refractivity contribution in [3.05, 3.63) is 12.4 Å². The molecule has 44 heavy (non-hydrogen) atoms. The van der Waals surface area contributed by atoms with Gasteiger partial charge in [-0.1, -0.05) is 136 Å². The van der Waals surface area contributed by atoms with Gasteiger partial charge in [0.15, 0.2) is 0 Å². The number of hydrazine groups is 1. The normalized spacial score (nSPS) is 11.8. The lowest BCUT2D eigenvalue weighted by Crippen LogP contribution is -2.32. The average Bonchev–Trinajstić information content (AvgIpc) is 3.01. The van der Waals surface area contributed by atoms with Gasteiger partial charge in [-0.2, -0.15) is 0 Å². The highest BCUT2D eigenvalue weighted by molar-refractivity contribution is 5.69. The zero-order valence-electron chi connectivity index (χ0n) is 30.0. The van der Waals surface area contributed by atoms with Gasteiger partial charge in [-0.25, -0.2) is 5.84 Å².